The summed E-state index contributed by atoms with van der Waals surface area (Å²) in [6, 6.07) is -1.14. The third-order valence-electron chi connectivity index (χ3n) is 1.74. The van der Waals surface area contributed by atoms with E-state index in [4.69, 9.17) is 9.84 Å². The second kappa shape index (κ2) is 6.83. The Balaban J connectivity index is 4.54. The lowest BCUT2D eigenvalue weighted by Gasteiger charge is -2.22. The highest BCUT2D eigenvalue weighted by Crippen LogP contribution is 2.07. The molecule has 0 saturated carbocycles. The Morgan fingerprint density at radius 1 is 1.28 bits per heavy atom. The molecule has 0 fully saturated rings. The summed E-state index contributed by atoms with van der Waals surface area (Å²) >= 11 is 0. The van der Waals surface area contributed by atoms with Crippen LogP contribution in [0, 0.1) is 0 Å². The highest BCUT2D eigenvalue weighted by molar-refractivity contribution is 5.89. The van der Waals surface area contributed by atoms with Crippen LogP contribution in [0.5, 0.6) is 0 Å². The molecular weight excluding hydrogens is 240 g/mol. The highest BCUT2D eigenvalue weighted by Gasteiger charge is 2.25. The van der Waals surface area contributed by atoms with Crippen molar-refractivity contribution in [2.45, 2.75) is 45.8 Å². The first-order valence-electron chi connectivity index (χ1n) is 5.64. The normalized spacial score (nSPS) is 12.4. The zero-order valence-corrected chi connectivity index (χ0v) is 11.1. The zero-order chi connectivity index (χ0) is 14.3. The van der Waals surface area contributed by atoms with Crippen molar-refractivity contribution >= 4 is 18.0 Å². The van der Waals surface area contributed by atoms with Gasteiger partial charge >= 0.3 is 12.1 Å². The second-order valence-electron chi connectivity index (χ2n) is 4.69. The van der Waals surface area contributed by atoms with E-state index in [9.17, 15) is 14.4 Å². The van der Waals surface area contributed by atoms with E-state index in [0.29, 0.717) is 6.54 Å². The average Bonchev–Trinajstić information content (AvgIpc) is 2.13. The van der Waals surface area contributed by atoms with Crippen LogP contribution in [0.1, 0.15) is 34.1 Å². The summed E-state index contributed by atoms with van der Waals surface area (Å²) in [6.07, 6.45) is -1.31. The van der Waals surface area contributed by atoms with Gasteiger partial charge in [0.05, 0.1) is 6.42 Å². The molecule has 104 valence electrons. The topological polar surface area (TPSA) is 105 Å². The summed E-state index contributed by atoms with van der Waals surface area (Å²) in [6.45, 7) is 7.06. The van der Waals surface area contributed by atoms with Crippen molar-refractivity contribution in [3.8, 4) is 0 Å². The monoisotopic (exact) mass is 260 g/mol. The molecule has 1 unspecified atom stereocenters. The van der Waals surface area contributed by atoms with Crippen LogP contribution in [0.4, 0.5) is 4.79 Å². The maximum Gasteiger partial charge on any atom is 0.408 e. The second-order valence-corrected chi connectivity index (χ2v) is 4.69. The van der Waals surface area contributed by atoms with Crippen LogP contribution in [-0.4, -0.2) is 41.3 Å². The van der Waals surface area contributed by atoms with Gasteiger partial charge < -0.3 is 20.5 Å². The van der Waals surface area contributed by atoms with Crippen LogP contribution in [0.25, 0.3) is 0 Å². The van der Waals surface area contributed by atoms with Gasteiger partial charge in [0.15, 0.2) is 0 Å². The highest BCUT2D eigenvalue weighted by atomic mass is 16.6. The SMILES string of the molecule is CCNC(=O)C(CC(=O)O)NC(=O)OC(C)(C)C. The summed E-state index contributed by atoms with van der Waals surface area (Å²) in [4.78, 5) is 33.6. The Hall–Kier alpha value is -1.79. The van der Waals surface area contributed by atoms with Crippen LogP contribution in [0.2, 0.25) is 0 Å². The number of hydrogen-bond acceptors (Lipinski definition) is 4. The maximum atomic E-state index is 11.5. The molecule has 1 atom stereocenters. The largest absolute Gasteiger partial charge is 0.481 e. The van der Waals surface area contributed by atoms with E-state index in [1.165, 1.54) is 0 Å². The number of aliphatic carboxylic acids is 1. The van der Waals surface area contributed by atoms with Crippen LogP contribution in [0.15, 0.2) is 0 Å². The molecule has 0 aliphatic heterocycles. The smallest absolute Gasteiger partial charge is 0.408 e. The quantitative estimate of drug-likeness (QED) is 0.667. The Kier molecular flexibility index (Phi) is 6.15. The molecule has 7 nitrogen and oxygen atoms in total. The van der Waals surface area contributed by atoms with Gasteiger partial charge in [-0.15, -0.1) is 0 Å². The molecule has 0 aliphatic carbocycles. The molecule has 0 aromatic rings. The molecular formula is C11H20N2O5. The lowest BCUT2D eigenvalue weighted by molar-refractivity contribution is -0.139. The van der Waals surface area contributed by atoms with Gasteiger partial charge in [0.25, 0.3) is 0 Å². The van der Waals surface area contributed by atoms with Gasteiger partial charge in [0.1, 0.15) is 11.6 Å². The number of alkyl carbamates (subject to hydrolysis) is 1. The summed E-state index contributed by atoms with van der Waals surface area (Å²) in [7, 11) is 0. The van der Waals surface area contributed by atoms with Crippen LogP contribution >= 0.6 is 0 Å². The standard InChI is InChI=1S/C11H20N2O5/c1-5-12-9(16)7(6-8(14)15)13-10(17)18-11(2,3)4/h7H,5-6H2,1-4H3,(H,12,16)(H,13,17)(H,14,15). The van der Waals surface area contributed by atoms with Crippen molar-refractivity contribution in [1.29, 1.82) is 0 Å². The molecule has 2 amide bonds. The van der Waals surface area contributed by atoms with Crippen LogP contribution in [-0.2, 0) is 14.3 Å². The molecule has 0 saturated heterocycles. The van der Waals surface area contributed by atoms with Gasteiger partial charge in [0.2, 0.25) is 5.91 Å². The molecule has 0 radical (unpaired) electrons. The third kappa shape index (κ3) is 7.48. The van der Waals surface area contributed by atoms with Crippen LogP contribution in [0.3, 0.4) is 0 Å². The van der Waals surface area contributed by atoms with Gasteiger partial charge in [-0.05, 0) is 27.7 Å². The fraction of sp³-hybridized carbons (Fsp3) is 0.727. The number of carboxylic acids is 1. The molecule has 0 aliphatic rings. The number of carbonyl (C=O) groups excluding carboxylic acids is 2. The summed E-state index contributed by atoms with van der Waals surface area (Å²) in [5, 5.41) is 13.4. The summed E-state index contributed by atoms with van der Waals surface area (Å²) in [5.74, 6) is -1.73. The van der Waals surface area contributed by atoms with E-state index in [2.05, 4.69) is 10.6 Å². The lowest BCUT2D eigenvalue weighted by atomic mass is 10.2. The van der Waals surface area contributed by atoms with Gasteiger partial charge in [-0.3, -0.25) is 9.59 Å². The van der Waals surface area contributed by atoms with Crippen molar-refractivity contribution in [2.24, 2.45) is 0 Å². The van der Waals surface area contributed by atoms with Crippen molar-refractivity contribution in [2.75, 3.05) is 6.54 Å². The molecule has 0 spiro atoms. The van der Waals surface area contributed by atoms with E-state index in [1.54, 1.807) is 27.7 Å². The third-order valence-corrected chi connectivity index (χ3v) is 1.74. The summed E-state index contributed by atoms with van der Waals surface area (Å²) in [5.41, 5.74) is -0.709. The molecule has 7 heteroatoms. The molecule has 0 rings (SSSR count). The van der Waals surface area contributed by atoms with E-state index in [1.807, 2.05) is 0 Å². The minimum Gasteiger partial charge on any atom is -0.481 e. The van der Waals surface area contributed by atoms with Crippen LogP contribution < -0.4 is 10.6 Å². The lowest BCUT2D eigenvalue weighted by Crippen LogP contribution is -2.49. The molecule has 0 aromatic heterocycles. The first kappa shape index (κ1) is 16.2. The summed E-state index contributed by atoms with van der Waals surface area (Å²) < 4.78 is 4.96. The van der Waals surface area contributed by atoms with E-state index >= 15 is 0 Å². The van der Waals surface area contributed by atoms with Crippen molar-refractivity contribution < 1.29 is 24.2 Å². The number of likely N-dealkylation sites (N-methyl/N-ethyl adjacent to an activating group) is 1. The Morgan fingerprint density at radius 3 is 2.22 bits per heavy atom. The number of hydrogen-bond donors (Lipinski definition) is 3. The van der Waals surface area contributed by atoms with E-state index in [0.717, 1.165) is 0 Å². The van der Waals surface area contributed by atoms with Gasteiger partial charge in [-0.1, -0.05) is 0 Å². The maximum absolute atomic E-state index is 11.5. The van der Waals surface area contributed by atoms with Gasteiger partial charge in [-0.2, -0.15) is 0 Å². The van der Waals surface area contributed by atoms with Gasteiger partial charge in [0, 0.05) is 6.54 Å². The van der Waals surface area contributed by atoms with Crippen molar-refractivity contribution in [3.05, 3.63) is 0 Å². The average molecular weight is 260 g/mol. The zero-order valence-electron chi connectivity index (χ0n) is 11.1. The number of amides is 2. The number of rotatable bonds is 5. The van der Waals surface area contributed by atoms with Gasteiger partial charge in [-0.25, -0.2) is 4.79 Å². The predicted molar refractivity (Wildman–Crippen MR) is 64.1 cm³/mol. The fourth-order valence-corrected chi connectivity index (χ4v) is 1.13. The van der Waals surface area contributed by atoms with E-state index in [-0.39, 0.29) is 0 Å². The Bertz CT molecular complexity index is 322. The first-order chi connectivity index (χ1) is 8.15. The molecule has 0 aromatic carbocycles. The molecule has 3 N–H and O–H groups in total. The van der Waals surface area contributed by atoms with E-state index < -0.39 is 36.0 Å². The first-order valence-corrected chi connectivity index (χ1v) is 5.64. The Labute approximate surface area is 106 Å². The molecule has 0 heterocycles. The fourth-order valence-electron chi connectivity index (χ4n) is 1.13. The van der Waals surface area contributed by atoms with Crippen molar-refractivity contribution in [3.63, 3.8) is 0 Å². The number of carbonyl (C=O) groups is 3. The minimum absolute atomic E-state index is 0.352. The number of nitrogens with one attached hydrogen (secondary N) is 2. The predicted octanol–water partition coefficient (Wildman–Crippen LogP) is 0.490. The van der Waals surface area contributed by atoms with Crippen molar-refractivity contribution in [1.82, 2.24) is 10.6 Å². The molecule has 18 heavy (non-hydrogen) atoms. The molecule has 0 bridgehead atoms. The minimum atomic E-state index is -1.18. The number of ether oxygens (including phenoxy) is 1. The Morgan fingerprint density at radius 2 is 1.83 bits per heavy atom. The number of carboxylic acid groups (broad SMARTS) is 1.